The van der Waals surface area contributed by atoms with Gasteiger partial charge in [0.25, 0.3) is 0 Å². The molecule has 2 aliphatic heterocycles. The fraction of sp³-hybridized carbons (Fsp3) is 0.588. The molecule has 0 spiro atoms. The monoisotopic (exact) mass is 320 g/mol. The smallest absolute Gasteiger partial charge is 0.226 e. The number of ether oxygens (including phenoxy) is 2. The van der Waals surface area contributed by atoms with Gasteiger partial charge in [-0.1, -0.05) is 18.2 Å². The highest BCUT2D eigenvalue weighted by atomic mass is 16.5. The largest absolute Gasteiger partial charge is 0.389 e. The zero-order chi connectivity index (χ0) is 16.1. The first-order chi connectivity index (χ1) is 11.2. The van der Waals surface area contributed by atoms with Gasteiger partial charge in [-0.05, 0) is 25.0 Å². The second kappa shape index (κ2) is 7.88. The number of hydrogen-bond acceptors (Lipinski definition) is 5. The van der Waals surface area contributed by atoms with Crippen molar-refractivity contribution in [2.24, 2.45) is 0 Å². The van der Waals surface area contributed by atoms with Crippen LogP contribution in [0, 0.1) is 0 Å². The minimum absolute atomic E-state index is 0.0326. The molecule has 1 aromatic rings. The third-order valence-corrected chi connectivity index (χ3v) is 4.29. The van der Waals surface area contributed by atoms with E-state index in [2.05, 4.69) is 10.6 Å². The van der Waals surface area contributed by atoms with Crippen LogP contribution in [0.4, 0.5) is 5.69 Å². The summed E-state index contributed by atoms with van der Waals surface area (Å²) in [5.41, 5.74) is 0.802. The highest BCUT2D eigenvalue weighted by Crippen LogP contribution is 2.23. The fourth-order valence-electron chi connectivity index (χ4n) is 3.11. The summed E-state index contributed by atoms with van der Waals surface area (Å²) < 4.78 is 11.5. The van der Waals surface area contributed by atoms with Crippen LogP contribution in [0.1, 0.15) is 19.3 Å². The van der Waals surface area contributed by atoms with Crippen LogP contribution in [0.3, 0.4) is 0 Å². The Bertz CT molecular complexity index is 511. The van der Waals surface area contributed by atoms with Crippen LogP contribution in [0.2, 0.25) is 0 Å². The molecular weight excluding hydrogens is 296 g/mol. The number of hydrogen-bond donors (Lipinski definition) is 3. The zero-order valence-corrected chi connectivity index (χ0v) is 13.1. The predicted molar refractivity (Wildman–Crippen MR) is 86.2 cm³/mol. The number of carbonyl (C=O) groups is 1. The Morgan fingerprint density at radius 2 is 2.09 bits per heavy atom. The molecule has 3 N–H and O–H groups in total. The van der Waals surface area contributed by atoms with Crippen molar-refractivity contribution in [1.82, 2.24) is 5.32 Å². The van der Waals surface area contributed by atoms with Crippen molar-refractivity contribution in [3.63, 3.8) is 0 Å². The molecule has 3 rings (SSSR count). The van der Waals surface area contributed by atoms with Gasteiger partial charge in [-0.15, -0.1) is 0 Å². The van der Waals surface area contributed by atoms with Gasteiger partial charge < -0.3 is 25.2 Å². The number of benzene rings is 1. The van der Waals surface area contributed by atoms with Gasteiger partial charge in [0.15, 0.2) is 0 Å². The van der Waals surface area contributed by atoms with E-state index >= 15 is 0 Å². The molecule has 1 amide bonds. The minimum atomic E-state index is -0.467. The Morgan fingerprint density at radius 3 is 2.91 bits per heavy atom. The number of fused-ring (bicyclic) bond motifs is 1. The van der Waals surface area contributed by atoms with Crippen LogP contribution in [-0.4, -0.2) is 55.1 Å². The van der Waals surface area contributed by atoms with E-state index in [-0.39, 0.29) is 24.2 Å². The summed E-state index contributed by atoms with van der Waals surface area (Å²) >= 11 is 0. The van der Waals surface area contributed by atoms with Gasteiger partial charge in [-0.25, -0.2) is 0 Å². The van der Waals surface area contributed by atoms with E-state index < -0.39 is 6.10 Å². The van der Waals surface area contributed by atoms with Crippen molar-refractivity contribution in [1.29, 1.82) is 0 Å². The number of para-hydroxylation sites is 1. The van der Waals surface area contributed by atoms with E-state index in [4.69, 9.17) is 9.47 Å². The third-order valence-electron chi connectivity index (χ3n) is 4.29. The highest BCUT2D eigenvalue weighted by Gasteiger charge is 2.33. The summed E-state index contributed by atoms with van der Waals surface area (Å²) in [6.07, 6.45) is 1.47. The molecule has 126 valence electrons. The lowest BCUT2D eigenvalue weighted by Crippen LogP contribution is -2.53. The molecule has 0 radical (unpaired) electrons. The Balaban J connectivity index is 1.49. The maximum Gasteiger partial charge on any atom is 0.226 e. The summed E-state index contributed by atoms with van der Waals surface area (Å²) in [5.74, 6) is -0.0326. The third kappa shape index (κ3) is 4.75. The summed E-state index contributed by atoms with van der Waals surface area (Å²) in [6, 6.07) is 9.62. The first kappa shape index (κ1) is 16.4. The lowest BCUT2D eigenvalue weighted by atomic mass is 9.96. The van der Waals surface area contributed by atoms with Gasteiger partial charge in [-0.3, -0.25) is 4.79 Å². The average Bonchev–Trinajstić information content (AvgIpc) is 2.53. The van der Waals surface area contributed by atoms with Gasteiger partial charge in [0.1, 0.15) is 0 Å². The summed E-state index contributed by atoms with van der Waals surface area (Å²) in [7, 11) is 0. The number of rotatable bonds is 3. The van der Waals surface area contributed by atoms with Crippen molar-refractivity contribution >= 4 is 11.6 Å². The van der Waals surface area contributed by atoms with E-state index in [0.717, 1.165) is 18.5 Å². The van der Waals surface area contributed by atoms with Crippen LogP contribution in [0.25, 0.3) is 0 Å². The molecule has 0 aromatic heterocycles. The second-order valence-electron chi connectivity index (χ2n) is 6.20. The van der Waals surface area contributed by atoms with Crippen LogP contribution < -0.4 is 10.6 Å². The molecule has 2 fully saturated rings. The number of aliphatic hydroxyl groups excluding tert-OH is 1. The Kier molecular flexibility index (Phi) is 5.61. The predicted octanol–water partition coefficient (Wildman–Crippen LogP) is 0.912. The fourth-order valence-corrected chi connectivity index (χ4v) is 3.11. The van der Waals surface area contributed by atoms with Crippen LogP contribution in [0.15, 0.2) is 30.3 Å². The van der Waals surface area contributed by atoms with Crippen LogP contribution in [-0.2, 0) is 14.3 Å². The van der Waals surface area contributed by atoms with E-state index in [0.29, 0.717) is 26.2 Å². The van der Waals surface area contributed by atoms with E-state index in [9.17, 15) is 9.90 Å². The SMILES string of the molecule is O=C(C[C@@H]1CC[C@@H]2NC[C@H](O)COC[C@H]2O1)Nc1ccccc1. The minimum Gasteiger partial charge on any atom is -0.389 e. The van der Waals surface area contributed by atoms with Crippen molar-refractivity contribution in [3.8, 4) is 0 Å². The summed E-state index contributed by atoms with van der Waals surface area (Å²) in [6.45, 7) is 1.29. The van der Waals surface area contributed by atoms with Gasteiger partial charge >= 0.3 is 0 Å². The molecule has 2 saturated heterocycles. The normalized spacial score (nSPS) is 31.5. The van der Waals surface area contributed by atoms with Crippen molar-refractivity contribution in [3.05, 3.63) is 30.3 Å². The molecule has 1 aromatic carbocycles. The van der Waals surface area contributed by atoms with Crippen LogP contribution >= 0.6 is 0 Å². The lowest BCUT2D eigenvalue weighted by Gasteiger charge is -2.38. The van der Waals surface area contributed by atoms with Crippen LogP contribution in [0.5, 0.6) is 0 Å². The molecule has 6 heteroatoms. The lowest BCUT2D eigenvalue weighted by molar-refractivity contribution is -0.134. The zero-order valence-electron chi connectivity index (χ0n) is 13.1. The maximum atomic E-state index is 12.1. The molecule has 2 heterocycles. The number of amides is 1. The number of nitrogens with one attached hydrogen (secondary N) is 2. The molecule has 0 aliphatic carbocycles. The first-order valence-electron chi connectivity index (χ1n) is 8.20. The van der Waals surface area contributed by atoms with E-state index in [1.165, 1.54) is 0 Å². The van der Waals surface area contributed by atoms with E-state index in [1.807, 2.05) is 30.3 Å². The van der Waals surface area contributed by atoms with E-state index in [1.54, 1.807) is 0 Å². The van der Waals surface area contributed by atoms with Crippen molar-refractivity contribution in [2.45, 2.75) is 43.6 Å². The standard InChI is InChI=1S/C17H24N2O4/c20-13-9-18-15-7-6-14(23-16(15)11-22-10-13)8-17(21)19-12-4-2-1-3-5-12/h1-5,13-16,18,20H,6-11H2,(H,19,21)/t13-,14-,15-,16+/m0/s1. The number of anilines is 1. The molecule has 6 nitrogen and oxygen atoms in total. The molecule has 2 aliphatic rings. The second-order valence-corrected chi connectivity index (χ2v) is 6.20. The van der Waals surface area contributed by atoms with Crippen molar-refractivity contribution < 1.29 is 19.4 Å². The Morgan fingerprint density at radius 1 is 1.26 bits per heavy atom. The molecule has 4 atom stereocenters. The van der Waals surface area contributed by atoms with Gasteiger partial charge in [0.05, 0.1) is 37.9 Å². The van der Waals surface area contributed by atoms with Gasteiger partial charge in [0, 0.05) is 18.3 Å². The molecule has 0 unspecified atom stereocenters. The maximum absolute atomic E-state index is 12.1. The number of carbonyl (C=O) groups excluding carboxylic acids is 1. The molecule has 0 bridgehead atoms. The van der Waals surface area contributed by atoms with Crippen molar-refractivity contribution in [2.75, 3.05) is 25.1 Å². The van der Waals surface area contributed by atoms with Gasteiger partial charge in [-0.2, -0.15) is 0 Å². The Labute approximate surface area is 136 Å². The summed E-state index contributed by atoms with van der Waals surface area (Å²) in [4.78, 5) is 12.1. The molecular formula is C17H24N2O4. The first-order valence-corrected chi connectivity index (χ1v) is 8.20. The quantitative estimate of drug-likeness (QED) is 0.771. The molecule has 23 heavy (non-hydrogen) atoms. The topological polar surface area (TPSA) is 79.8 Å². The average molecular weight is 320 g/mol. The highest BCUT2D eigenvalue weighted by molar-refractivity contribution is 5.90. The summed E-state index contributed by atoms with van der Waals surface area (Å²) in [5, 5.41) is 15.9. The van der Waals surface area contributed by atoms with Gasteiger partial charge in [0.2, 0.25) is 5.91 Å². The number of β-amino-alcohol motifs (C(OH)–C–C–N with tert-alkyl or cyclic N) is 1. The number of aliphatic hydroxyl groups is 1. The Hall–Kier alpha value is -1.47. The molecule has 0 saturated carbocycles.